The predicted octanol–water partition coefficient (Wildman–Crippen LogP) is 1.31. The third-order valence-electron chi connectivity index (χ3n) is 6.19. The maximum atomic E-state index is 12.8. The fourth-order valence-corrected chi connectivity index (χ4v) is 4.42. The van der Waals surface area contributed by atoms with Crippen molar-refractivity contribution in [1.82, 2.24) is 14.7 Å². The van der Waals surface area contributed by atoms with Crippen LogP contribution in [0, 0.1) is 18.8 Å². The molecule has 6 heteroatoms. The molecule has 6 nitrogen and oxygen atoms in total. The van der Waals surface area contributed by atoms with Crippen LogP contribution >= 0.6 is 0 Å². The number of rotatable bonds is 3. The molecule has 3 aliphatic heterocycles. The number of hydrogen-bond acceptors (Lipinski definition) is 5. The Morgan fingerprint density at radius 1 is 1.24 bits per heavy atom. The Morgan fingerprint density at radius 3 is 2.76 bits per heavy atom. The van der Waals surface area contributed by atoms with E-state index in [0.717, 1.165) is 64.4 Å². The van der Waals surface area contributed by atoms with Crippen LogP contribution in [-0.4, -0.2) is 86.2 Å². The summed E-state index contributed by atoms with van der Waals surface area (Å²) in [5, 5.41) is 0. The summed E-state index contributed by atoms with van der Waals surface area (Å²) in [6.45, 7) is 9.86. The first-order chi connectivity index (χ1) is 12.1. The zero-order valence-electron chi connectivity index (χ0n) is 15.3. The Balaban J connectivity index is 1.39. The minimum absolute atomic E-state index is 0.0335. The van der Waals surface area contributed by atoms with E-state index >= 15 is 0 Å². The number of likely N-dealkylation sites (tertiary alicyclic amines) is 1. The summed E-state index contributed by atoms with van der Waals surface area (Å²) < 4.78 is 11.6. The first kappa shape index (κ1) is 17.1. The number of hydrogen-bond donors (Lipinski definition) is 0. The molecule has 1 aromatic heterocycles. The Kier molecular flexibility index (Phi) is 4.84. The van der Waals surface area contributed by atoms with Gasteiger partial charge in [-0.15, -0.1) is 0 Å². The second-order valence-corrected chi connectivity index (χ2v) is 7.87. The van der Waals surface area contributed by atoms with Gasteiger partial charge < -0.3 is 19.0 Å². The van der Waals surface area contributed by atoms with Crippen LogP contribution in [0.4, 0.5) is 0 Å². The zero-order valence-corrected chi connectivity index (χ0v) is 15.3. The lowest BCUT2D eigenvalue weighted by Gasteiger charge is -2.38. The van der Waals surface area contributed by atoms with Crippen LogP contribution < -0.4 is 0 Å². The van der Waals surface area contributed by atoms with Gasteiger partial charge in [0.25, 0.3) is 5.91 Å². The molecule has 1 amide bonds. The molecule has 138 valence electrons. The Labute approximate surface area is 149 Å². The van der Waals surface area contributed by atoms with E-state index in [4.69, 9.17) is 9.15 Å². The molecule has 1 aromatic rings. The quantitative estimate of drug-likeness (QED) is 0.825. The lowest BCUT2D eigenvalue weighted by atomic mass is 9.84. The third kappa shape index (κ3) is 3.48. The molecule has 4 heterocycles. The molecule has 0 bridgehead atoms. The molecule has 3 aliphatic rings. The molecule has 0 unspecified atom stereocenters. The van der Waals surface area contributed by atoms with Crippen LogP contribution in [0.1, 0.15) is 22.5 Å². The van der Waals surface area contributed by atoms with Gasteiger partial charge in [-0.1, -0.05) is 0 Å². The summed E-state index contributed by atoms with van der Waals surface area (Å²) in [6.07, 6.45) is 2.89. The molecular formula is C19H29N3O3. The highest BCUT2D eigenvalue weighted by molar-refractivity contribution is 5.92. The molecule has 4 rings (SSSR count). The number of amides is 1. The van der Waals surface area contributed by atoms with Crippen LogP contribution in [-0.2, 0) is 4.74 Å². The number of nitrogens with zero attached hydrogens (tertiary/aromatic N) is 3. The van der Waals surface area contributed by atoms with Crippen molar-refractivity contribution in [2.45, 2.75) is 19.4 Å². The van der Waals surface area contributed by atoms with Gasteiger partial charge in [0.05, 0.1) is 19.0 Å². The van der Waals surface area contributed by atoms with Crippen LogP contribution in [0.2, 0.25) is 0 Å². The predicted molar refractivity (Wildman–Crippen MR) is 94.6 cm³/mol. The minimum Gasteiger partial charge on any atom is -0.459 e. The van der Waals surface area contributed by atoms with E-state index in [9.17, 15) is 4.79 Å². The van der Waals surface area contributed by atoms with Gasteiger partial charge in [0, 0.05) is 57.3 Å². The maximum Gasteiger partial charge on any atom is 0.289 e. The summed E-state index contributed by atoms with van der Waals surface area (Å²) in [7, 11) is 2.18. The largest absolute Gasteiger partial charge is 0.459 e. The molecule has 3 atom stereocenters. The van der Waals surface area contributed by atoms with Crippen molar-refractivity contribution in [2.24, 2.45) is 11.8 Å². The smallest absolute Gasteiger partial charge is 0.289 e. The number of carbonyl (C=O) groups is 1. The fraction of sp³-hybridized carbons (Fsp3) is 0.737. The Hall–Kier alpha value is -1.37. The second-order valence-electron chi connectivity index (χ2n) is 7.87. The van der Waals surface area contributed by atoms with Crippen LogP contribution in [0.25, 0.3) is 0 Å². The summed E-state index contributed by atoms with van der Waals surface area (Å²) in [5.74, 6) is 1.58. The lowest BCUT2D eigenvalue weighted by molar-refractivity contribution is 0.0284. The average Bonchev–Trinajstić information content (AvgIpc) is 3.22. The van der Waals surface area contributed by atoms with Crippen molar-refractivity contribution in [3.05, 3.63) is 23.7 Å². The molecular weight excluding hydrogens is 318 g/mol. The van der Waals surface area contributed by atoms with E-state index in [1.807, 2.05) is 17.9 Å². The van der Waals surface area contributed by atoms with Gasteiger partial charge in [-0.2, -0.15) is 0 Å². The average molecular weight is 347 g/mol. The Morgan fingerprint density at radius 2 is 2.04 bits per heavy atom. The SMILES string of the molecule is Cc1ccoc1C(=O)N1CC[C@H]2CO[C@@H](CN3CCN(C)CC3)[C@@H]2C1. The minimum atomic E-state index is 0.0335. The molecule has 0 radical (unpaired) electrons. The molecule has 0 spiro atoms. The van der Waals surface area contributed by atoms with Gasteiger partial charge in [0.2, 0.25) is 0 Å². The highest BCUT2D eigenvalue weighted by atomic mass is 16.5. The molecule has 3 saturated heterocycles. The van der Waals surface area contributed by atoms with Crippen molar-refractivity contribution < 1.29 is 13.9 Å². The lowest BCUT2D eigenvalue weighted by Crippen LogP contribution is -2.50. The number of likely N-dealkylation sites (N-methyl/N-ethyl adjacent to an activating group) is 1. The summed E-state index contributed by atoms with van der Waals surface area (Å²) in [5.41, 5.74) is 0.920. The molecule has 0 saturated carbocycles. The van der Waals surface area contributed by atoms with Gasteiger partial charge in [-0.25, -0.2) is 0 Å². The number of ether oxygens (including phenoxy) is 1. The number of furan rings is 1. The first-order valence-electron chi connectivity index (χ1n) is 9.47. The second kappa shape index (κ2) is 7.09. The van der Waals surface area contributed by atoms with E-state index in [1.165, 1.54) is 0 Å². The standard InChI is InChI=1S/C19H29N3O3/c1-14-4-10-24-18(14)19(23)22-5-3-15-13-25-17(16(15)11-22)12-21-8-6-20(2)7-9-21/h4,10,15-17H,3,5-9,11-13H2,1-2H3/t15-,16+,17-/m0/s1. The Bertz CT molecular complexity index is 609. The highest BCUT2D eigenvalue weighted by Gasteiger charge is 2.43. The normalized spacial score (nSPS) is 31.3. The molecule has 0 N–H and O–H groups in total. The van der Waals surface area contributed by atoms with Crippen LogP contribution in [0.3, 0.4) is 0 Å². The number of carbonyl (C=O) groups excluding carboxylic acids is 1. The van der Waals surface area contributed by atoms with Crippen molar-refractivity contribution >= 4 is 5.91 Å². The number of piperazine rings is 1. The van der Waals surface area contributed by atoms with Gasteiger partial charge in [0.1, 0.15) is 0 Å². The summed E-state index contributed by atoms with van der Waals surface area (Å²) >= 11 is 0. The van der Waals surface area contributed by atoms with E-state index < -0.39 is 0 Å². The van der Waals surface area contributed by atoms with E-state index in [-0.39, 0.29) is 12.0 Å². The number of aryl methyl sites for hydroxylation is 1. The monoisotopic (exact) mass is 347 g/mol. The summed E-state index contributed by atoms with van der Waals surface area (Å²) in [4.78, 5) is 19.6. The number of piperidine rings is 1. The van der Waals surface area contributed by atoms with E-state index in [0.29, 0.717) is 17.6 Å². The van der Waals surface area contributed by atoms with Gasteiger partial charge in [-0.3, -0.25) is 9.69 Å². The highest BCUT2D eigenvalue weighted by Crippen LogP contribution is 2.35. The van der Waals surface area contributed by atoms with Crippen LogP contribution in [0.5, 0.6) is 0 Å². The topological polar surface area (TPSA) is 49.2 Å². The molecule has 0 aromatic carbocycles. The zero-order chi connectivity index (χ0) is 17.4. The van der Waals surface area contributed by atoms with Gasteiger partial charge in [0.15, 0.2) is 5.76 Å². The molecule has 0 aliphatic carbocycles. The van der Waals surface area contributed by atoms with Gasteiger partial charge >= 0.3 is 0 Å². The van der Waals surface area contributed by atoms with E-state index in [2.05, 4.69) is 16.8 Å². The van der Waals surface area contributed by atoms with Gasteiger partial charge in [-0.05, 0) is 32.4 Å². The van der Waals surface area contributed by atoms with Crippen molar-refractivity contribution in [2.75, 3.05) is 59.5 Å². The third-order valence-corrected chi connectivity index (χ3v) is 6.19. The number of fused-ring (bicyclic) bond motifs is 1. The molecule has 3 fully saturated rings. The van der Waals surface area contributed by atoms with E-state index in [1.54, 1.807) is 6.26 Å². The van der Waals surface area contributed by atoms with Crippen molar-refractivity contribution in [1.29, 1.82) is 0 Å². The fourth-order valence-electron chi connectivity index (χ4n) is 4.42. The van der Waals surface area contributed by atoms with Crippen LogP contribution in [0.15, 0.2) is 16.7 Å². The maximum absolute atomic E-state index is 12.8. The van der Waals surface area contributed by atoms with Crippen molar-refractivity contribution in [3.8, 4) is 0 Å². The van der Waals surface area contributed by atoms with Crippen molar-refractivity contribution in [3.63, 3.8) is 0 Å². The first-order valence-corrected chi connectivity index (χ1v) is 9.47. The molecule has 25 heavy (non-hydrogen) atoms. The summed E-state index contributed by atoms with van der Waals surface area (Å²) in [6, 6.07) is 1.86.